The summed E-state index contributed by atoms with van der Waals surface area (Å²) in [7, 11) is 10.0. The van der Waals surface area contributed by atoms with E-state index in [0.29, 0.717) is 0 Å². The number of hydrogen-bond donors (Lipinski definition) is 1. The van der Waals surface area contributed by atoms with Gasteiger partial charge in [-0.2, -0.15) is 0 Å². The van der Waals surface area contributed by atoms with Gasteiger partial charge in [0.2, 0.25) is 47.3 Å². The van der Waals surface area contributed by atoms with Crippen molar-refractivity contribution < 1.29 is 81.3 Å². The second kappa shape index (κ2) is 43.4. The minimum absolute atomic E-state index is 0.0289. The molecule has 1 N–H and O–H groups in total. The van der Waals surface area contributed by atoms with Crippen LogP contribution in [0, 0.1) is 59.2 Å². The van der Waals surface area contributed by atoms with Crippen LogP contribution in [0.5, 0.6) is 0 Å². The summed E-state index contributed by atoms with van der Waals surface area (Å²) in [6.45, 7) is 31.5. The lowest BCUT2D eigenvalue weighted by Crippen LogP contribution is -2.64. The SMILES string of the molecule is C/C=C/CC(C)[C@@H](OC(C)=O)[C@H]1C(=O)N[C@@H](CC)C(=O)N(C)[C@H](C)C(=O)N(C)[C@@H]([C@H](C)COCC2CN(C(=O)OCc3ccccc3)CCO2)C(=O)C[C@@H](C(C)C)C(=O)N(C)[C@@H](CC(C)C)C(=O)C[C@@H](C)C(=O)C[C@H](C)C(=O)N(C)[C@@H](CC(C)C)C(=O)N(C)[C@@H](CC(C)C)C(=O)N(C)[C@@H](C(C)C)C(=O)N1C. The Hall–Kier alpha value is -7.61. The molecule has 0 radical (unpaired) electrons. The van der Waals surface area contributed by atoms with Crippen LogP contribution in [0.3, 0.4) is 0 Å². The standard InChI is InChI=1S/C80H131N9O17/c1-26-28-32-52(13)71(106-57(18)90)70-72(94)81-61(27-2)76(98)82(19)56(17)74(96)87(24)69(55(16)44-103-46-59-43-89(35-36-104-59)80(102)105-45-58-33-30-29-31-34-58)67(93)42-60(50(9)10)75(97)83(20)62(37-47(3)4)66(92)40-53(14)65(91)41-54(15)73(95)84(21)63(38-48(5)6)77(99)85(22)64(39-49(7)8)78(100)86(23)68(51(11)12)79(101)88(70)25/h26,28-31,33-34,47-56,59-64,68-71H,27,32,35-46H2,1-25H3,(H,81,94)/b28-26+/t52?,53-,54+,55-,56-,59?,60+,61+,62+,63+,64+,68+,69+,70+,71-/m1/s1. The number of hydrogen-bond acceptors (Lipinski definition) is 17. The number of carbonyl (C=O) groups is 13. The molecular formula is C80H131N9O17. The Morgan fingerprint density at radius 1 is 0.575 bits per heavy atom. The first kappa shape index (κ1) is 92.6. The summed E-state index contributed by atoms with van der Waals surface area (Å²) >= 11 is 0. The maximum Gasteiger partial charge on any atom is 0.410 e. The molecule has 3 rings (SSSR count). The summed E-state index contributed by atoms with van der Waals surface area (Å²) in [5.41, 5.74) is 0.817. The zero-order chi connectivity index (χ0) is 80.6. The third-order valence-corrected chi connectivity index (χ3v) is 20.8. The molecule has 0 bridgehead atoms. The van der Waals surface area contributed by atoms with Crippen LogP contribution >= 0.6 is 0 Å². The highest BCUT2D eigenvalue weighted by atomic mass is 16.6. The summed E-state index contributed by atoms with van der Waals surface area (Å²) in [5.74, 6) is -13.4. The first-order chi connectivity index (χ1) is 49.5. The van der Waals surface area contributed by atoms with Crippen molar-refractivity contribution in [3.05, 3.63) is 48.0 Å². The number of Topliss-reactive ketones (excluding diaryl/α,β-unsaturated/α-hetero) is 3. The highest BCUT2D eigenvalue weighted by molar-refractivity contribution is 6.00. The number of morpholine rings is 1. The number of rotatable bonds is 21. The van der Waals surface area contributed by atoms with Crippen molar-refractivity contribution in [3.8, 4) is 0 Å². The number of esters is 1. The van der Waals surface area contributed by atoms with E-state index in [4.69, 9.17) is 18.9 Å². The topological polar surface area (TPSA) is 297 Å². The minimum Gasteiger partial charge on any atom is -0.459 e. The average Bonchev–Trinajstić information content (AvgIpc) is 0.799. The van der Waals surface area contributed by atoms with Gasteiger partial charge >= 0.3 is 12.1 Å². The van der Waals surface area contributed by atoms with Gasteiger partial charge < -0.3 is 63.5 Å². The van der Waals surface area contributed by atoms with Crippen LogP contribution in [0.4, 0.5) is 4.79 Å². The zero-order valence-electron chi connectivity index (χ0n) is 68.5. The Morgan fingerprint density at radius 3 is 1.62 bits per heavy atom. The van der Waals surface area contributed by atoms with Gasteiger partial charge in [-0.05, 0) is 87.0 Å². The molecule has 2 fully saturated rings. The van der Waals surface area contributed by atoms with Crippen LogP contribution in [0.25, 0.3) is 0 Å². The highest BCUT2D eigenvalue weighted by Gasteiger charge is 2.48. The maximum absolute atomic E-state index is 15.6. The predicted molar refractivity (Wildman–Crippen MR) is 405 cm³/mol. The maximum atomic E-state index is 15.6. The van der Waals surface area contributed by atoms with Crippen LogP contribution < -0.4 is 5.32 Å². The molecule has 9 amide bonds. The van der Waals surface area contributed by atoms with E-state index >= 15 is 38.4 Å². The van der Waals surface area contributed by atoms with Crippen LogP contribution in [-0.2, 0) is 83.1 Å². The van der Waals surface area contributed by atoms with Gasteiger partial charge in [-0.3, -0.25) is 57.5 Å². The van der Waals surface area contributed by atoms with Crippen molar-refractivity contribution in [2.45, 2.75) is 243 Å². The van der Waals surface area contributed by atoms with Crippen molar-refractivity contribution in [1.29, 1.82) is 0 Å². The van der Waals surface area contributed by atoms with E-state index in [0.717, 1.165) is 15.4 Å². The summed E-state index contributed by atoms with van der Waals surface area (Å²) in [6.07, 6.45) is 0.842. The van der Waals surface area contributed by atoms with E-state index in [1.807, 2.05) is 78.0 Å². The van der Waals surface area contributed by atoms with Gasteiger partial charge in [0.1, 0.15) is 54.7 Å². The molecule has 0 aliphatic carbocycles. The molecule has 15 atom stereocenters. The third kappa shape index (κ3) is 26.1. The fourth-order valence-corrected chi connectivity index (χ4v) is 14.2. The van der Waals surface area contributed by atoms with Crippen LogP contribution in [0.2, 0.25) is 0 Å². The average molecular weight is 1490 g/mol. The first-order valence-corrected chi connectivity index (χ1v) is 38.2. The number of carbonyl (C=O) groups excluding carboxylic acids is 13. The van der Waals surface area contributed by atoms with Crippen molar-refractivity contribution in [2.75, 3.05) is 82.2 Å². The largest absolute Gasteiger partial charge is 0.459 e. The molecule has 2 aliphatic rings. The Kier molecular flexibility index (Phi) is 37.9. The van der Waals surface area contributed by atoms with E-state index in [-0.39, 0.29) is 102 Å². The summed E-state index contributed by atoms with van der Waals surface area (Å²) in [5, 5.41) is 2.84. The second-order valence-electron chi connectivity index (χ2n) is 31.8. The molecular weight excluding hydrogens is 1360 g/mol. The zero-order valence-corrected chi connectivity index (χ0v) is 68.5. The van der Waals surface area contributed by atoms with Crippen LogP contribution in [-0.4, -0.2) is 259 Å². The monoisotopic (exact) mass is 1490 g/mol. The molecule has 1 aromatic rings. The van der Waals surface area contributed by atoms with Gasteiger partial charge in [-0.15, -0.1) is 0 Å². The number of amides is 9. The summed E-state index contributed by atoms with van der Waals surface area (Å²) < 4.78 is 23.9. The number of nitrogens with zero attached hydrogens (tertiary/aromatic N) is 8. The lowest BCUT2D eigenvalue weighted by molar-refractivity contribution is -0.164. The van der Waals surface area contributed by atoms with Crippen LogP contribution in [0.1, 0.15) is 182 Å². The Labute approximate surface area is 632 Å². The molecule has 2 saturated heterocycles. The fourth-order valence-electron chi connectivity index (χ4n) is 14.2. The van der Waals surface area contributed by atoms with E-state index in [2.05, 4.69) is 5.32 Å². The number of likely N-dealkylation sites (N-methyl/N-ethyl adjacent to an activating group) is 7. The lowest BCUT2D eigenvalue weighted by atomic mass is 9.83. The molecule has 1 aromatic carbocycles. The number of nitrogens with one attached hydrogen (secondary N) is 1. The molecule has 0 spiro atoms. The fraction of sp³-hybridized carbons (Fsp3) is 0.738. The molecule has 26 nitrogen and oxygen atoms in total. The first-order valence-electron chi connectivity index (χ1n) is 38.2. The third-order valence-electron chi connectivity index (χ3n) is 20.8. The lowest BCUT2D eigenvalue weighted by Gasteiger charge is -2.42. The highest BCUT2D eigenvalue weighted by Crippen LogP contribution is 2.31. The van der Waals surface area contributed by atoms with Gasteiger partial charge in [0.15, 0.2) is 11.6 Å². The van der Waals surface area contributed by atoms with E-state index in [9.17, 15) is 24.0 Å². The van der Waals surface area contributed by atoms with Crippen LogP contribution in [0.15, 0.2) is 42.5 Å². The Bertz CT molecular complexity index is 3160. The molecule has 106 heavy (non-hydrogen) atoms. The summed E-state index contributed by atoms with van der Waals surface area (Å²) in [6, 6.07) is -1.09. The number of ether oxygens (including phenoxy) is 4. The van der Waals surface area contributed by atoms with Crippen molar-refractivity contribution in [1.82, 2.24) is 44.5 Å². The van der Waals surface area contributed by atoms with Gasteiger partial charge in [-0.25, -0.2) is 4.79 Å². The summed E-state index contributed by atoms with van der Waals surface area (Å²) in [4.78, 5) is 203. The number of benzene rings is 1. The quantitative estimate of drug-likeness (QED) is 0.0896. The Balaban J connectivity index is 2.35. The molecule has 26 heteroatoms. The van der Waals surface area contributed by atoms with Crippen molar-refractivity contribution in [3.63, 3.8) is 0 Å². The van der Waals surface area contributed by atoms with Gasteiger partial charge in [0.25, 0.3) is 0 Å². The van der Waals surface area contributed by atoms with E-state index < -0.39 is 185 Å². The minimum atomic E-state index is -1.65. The number of allylic oxidation sites excluding steroid dienone is 2. The number of ketones is 3. The second-order valence-corrected chi connectivity index (χ2v) is 31.8. The molecule has 598 valence electrons. The molecule has 2 aliphatic heterocycles. The van der Waals surface area contributed by atoms with Crippen molar-refractivity contribution >= 4 is 76.7 Å². The van der Waals surface area contributed by atoms with Gasteiger partial charge in [0, 0.05) is 106 Å². The molecule has 0 aromatic heterocycles. The smallest absolute Gasteiger partial charge is 0.410 e. The van der Waals surface area contributed by atoms with Gasteiger partial charge in [-0.1, -0.05) is 146 Å². The van der Waals surface area contributed by atoms with E-state index in [1.54, 1.807) is 75.3 Å². The molecule has 2 heterocycles. The van der Waals surface area contributed by atoms with E-state index in [1.165, 1.54) is 92.6 Å². The van der Waals surface area contributed by atoms with Crippen molar-refractivity contribution in [2.24, 2.45) is 59.2 Å². The van der Waals surface area contributed by atoms with Gasteiger partial charge in [0.05, 0.1) is 44.6 Å². The normalized spacial score (nSPS) is 26.5. The predicted octanol–water partition coefficient (Wildman–Crippen LogP) is 8.14. The Morgan fingerprint density at radius 2 is 1.09 bits per heavy atom. The molecule has 2 unspecified atom stereocenters. The molecule has 0 saturated carbocycles.